The zero-order chi connectivity index (χ0) is 12.5. The number of thiophene rings is 1. The highest BCUT2D eigenvalue weighted by atomic mass is 32.2. The van der Waals surface area contributed by atoms with Crippen LogP contribution >= 0.6 is 23.1 Å². The molecule has 0 saturated heterocycles. The molecule has 0 amide bonds. The molecule has 1 aromatic carbocycles. The first-order valence-corrected chi connectivity index (χ1v) is 7.82. The van der Waals surface area contributed by atoms with E-state index in [1.165, 1.54) is 10.4 Å². The highest BCUT2D eigenvalue weighted by Crippen LogP contribution is 2.38. The third-order valence-corrected chi connectivity index (χ3v) is 5.34. The maximum atomic E-state index is 12.5. The Morgan fingerprint density at radius 3 is 2.78 bits per heavy atom. The van der Waals surface area contributed by atoms with Gasteiger partial charge in [0.2, 0.25) is 0 Å². The van der Waals surface area contributed by atoms with Gasteiger partial charge in [0, 0.05) is 16.2 Å². The summed E-state index contributed by atoms with van der Waals surface area (Å²) in [5.41, 5.74) is 8.71. The molecule has 2 nitrogen and oxygen atoms in total. The largest absolute Gasteiger partial charge is 0.390 e. The first-order valence-electron chi connectivity index (χ1n) is 5.85. The van der Waals surface area contributed by atoms with Crippen molar-refractivity contribution >= 4 is 33.9 Å². The topological polar surface area (TPSA) is 43.1 Å². The lowest BCUT2D eigenvalue weighted by Crippen LogP contribution is -2.09. The Kier molecular flexibility index (Phi) is 3.14. The number of benzene rings is 1. The average Bonchev–Trinajstić information content (AvgIpc) is 2.75. The minimum atomic E-state index is 0.0671. The minimum absolute atomic E-state index is 0.0671. The second-order valence-corrected chi connectivity index (χ2v) is 6.48. The SMILES string of the molecule is Nc1sc2c(c1C(=O)c1ccccc1)CCSC2. The fraction of sp³-hybridized carbons (Fsp3) is 0.214. The maximum absolute atomic E-state index is 12.5. The molecule has 0 unspecified atom stereocenters. The second-order valence-electron chi connectivity index (χ2n) is 4.24. The predicted molar refractivity (Wildman–Crippen MR) is 78.5 cm³/mol. The van der Waals surface area contributed by atoms with Crippen molar-refractivity contribution in [3.63, 3.8) is 0 Å². The van der Waals surface area contributed by atoms with Crippen LogP contribution in [0.25, 0.3) is 0 Å². The van der Waals surface area contributed by atoms with Crippen molar-refractivity contribution in [2.75, 3.05) is 11.5 Å². The Hall–Kier alpha value is -1.26. The standard InChI is InChI=1S/C14H13NOS2/c15-14-12(10-6-7-17-8-11(10)18-14)13(16)9-4-2-1-3-5-9/h1-5H,6-8,15H2. The number of nitrogen functional groups attached to an aromatic ring is 1. The Morgan fingerprint density at radius 1 is 1.22 bits per heavy atom. The number of fused-ring (bicyclic) bond motifs is 1. The van der Waals surface area contributed by atoms with Gasteiger partial charge in [0.1, 0.15) is 0 Å². The molecule has 1 aromatic heterocycles. The lowest BCUT2D eigenvalue weighted by molar-refractivity contribution is 0.103. The second kappa shape index (κ2) is 4.78. The van der Waals surface area contributed by atoms with Crippen molar-refractivity contribution in [1.29, 1.82) is 0 Å². The predicted octanol–water partition coefficient (Wildman–Crippen LogP) is 3.35. The highest BCUT2D eigenvalue weighted by Gasteiger charge is 2.24. The van der Waals surface area contributed by atoms with Gasteiger partial charge in [-0.3, -0.25) is 4.79 Å². The molecule has 18 heavy (non-hydrogen) atoms. The number of carbonyl (C=O) groups is 1. The number of hydrogen-bond acceptors (Lipinski definition) is 4. The average molecular weight is 275 g/mol. The molecule has 0 radical (unpaired) electrons. The van der Waals surface area contributed by atoms with E-state index < -0.39 is 0 Å². The maximum Gasteiger partial charge on any atom is 0.196 e. The Morgan fingerprint density at radius 2 is 2.00 bits per heavy atom. The molecular formula is C14H13NOS2. The van der Waals surface area contributed by atoms with Crippen molar-refractivity contribution < 1.29 is 4.79 Å². The van der Waals surface area contributed by atoms with E-state index in [4.69, 9.17) is 5.73 Å². The van der Waals surface area contributed by atoms with Gasteiger partial charge in [-0.25, -0.2) is 0 Å². The summed E-state index contributed by atoms with van der Waals surface area (Å²) in [6, 6.07) is 9.39. The van der Waals surface area contributed by atoms with E-state index in [1.54, 1.807) is 11.3 Å². The monoisotopic (exact) mass is 275 g/mol. The number of anilines is 1. The molecule has 2 aromatic rings. The number of carbonyl (C=O) groups excluding carboxylic acids is 1. The van der Waals surface area contributed by atoms with Crippen molar-refractivity contribution in [3.05, 3.63) is 51.9 Å². The number of nitrogens with two attached hydrogens (primary N) is 1. The summed E-state index contributed by atoms with van der Waals surface area (Å²) in [7, 11) is 0. The summed E-state index contributed by atoms with van der Waals surface area (Å²) in [4.78, 5) is 13.8. The number of hydrogen-bond donors (Lipinski definition) is 1. The molecule has 3 rings (SSSR count). The van der Waals surface area contributed by atoms with Crippen LogP contribution in [0.5, 0.6) is 0 Å². The van der Waals surface area contributed by atoms with Crippen LogP contribution in [0.3, 0.4) is 0 Å². The van der Waals surface area contributed by atoms with Gasteiger partial charge in [-0.05, 0) is 17.7 Å². The van der Waals surface area contributed by atoms with Crippen LogP contribution in [0.2, 0.25) is 0 Å². The quantitative estimate of drug-likeness (QED) is 0.855. The third kappa shape index (κ3) is 1.95. The molecule has 1 aliphatic heterocycles. The zero-order valence-corrected chi connectivity index (χ0v) is 11.4. The van der Waals surface area contributed by atoms with Crippen LogP contribution in [0.15, 0.2) is 30.3 Å². The molecule has 4 heteroatoms. The summed E-state index contributed by atoms with van der Waals surface area (Å²) in [6.45, 7) is 0. The minimum Gasteiger partial charge on any atom is -0.390 e. The normalized spacial score (nSPS) is 14.2. The van der Waals surface area contributed by atoms with E-state index in [0.717, 1.165) is 29.1 Å². The molecular weight excluding hydrogens is 262 g/mol. The van der Waals surface area contributed by atoms with Crippen molar-refractivity contribution in [1.82, 2.24) is 0 Å². The highest BCUT2D eigenvalue weighted by molar-refractivity contribution is 7.98. The fourth-order valence-electron chi connectivity index (χ4n) is 2.24. The summed E-state index contributed by atoms with van der Waals surface area (Å²) in [5.74, 6) is 2.14. The van der Waals surface area contributed by atoms with Gasteiger partial charge in [0.05, 0.1) is 10.6 Å². The van der Waals surface area contributed by atoms with Crippen LogP contribution in [0.4, 0.5) is 5.00 Å². The first kappa shape index (κ1) is 11.8. The van der Waals surface area contributed by atoms with Gasteiger partial charge in [0.25, 0.3) is 0 Å². The third-order valence-electron chi connectivity index (χ3n) is 3.11. The molecule has 1 aliphatic rings. The van der Waals surface area contributed by atoms with Crippen molar-refractivity contribution in [2.45, 2.75) is 12.2 Å². The molecule has 0 atom stereocenters. The van der Waals surface area contributed by atoms with Crippen LogP contribution in [0, 0.1) is 0 Å². The van der Waals surface area contributed by atoms with Crippen molar-refractivity contribution in [2.24, 2.45) is 0 Å². The molecule has 0 aliphatic carbocycles. The van der Waals surface area contributed by atoms with E-state index in [1.807, 2.05) is 42.1 Å². The molecule has 2 N–H and O–H groups in total. The molecule has 0 saturated carbocycles. The smallest absolute Gasteiger partial charge is 0.196 e. The molecule has 2 heterocycles. The Bertz CT molecular complexity index is 589. The summed E-state index contributed by atoms with van der Waals surface area (Å²) >= 11 is 3.49. The van der Waals surface area contributed by atoms with Crippen molar-refractivity contribution in [3.8, 4) is 0 Å². The zero-order valence-electron chi connectivity index (χ0n) is 9.81. The van der Waals surface area contributed by atoms with E-state index in [-0.39, 0.29) is 5.78 Å². The Labute approximate surface area is 114 Å². The Balaban J connectivity index is 2.07. The molecule has 92 valence electrons. The van der Waals surface area contributed by atoms with E-state index in [0.29, 0.717) is 5.00 Å². The van der Waals surface area contributed by atoms with Gasteiger partial charge in [-0.15, -0.1) is 11.3 Å². The summed E-state index contributed by atoms with van der Waals surface area (Å²) < 4.78 is 0. The number of thioether (sulfide) groups is 1. The lowest BCUT2D eigenvalue weighted by atomic mass is 9.99. The van der Waals surface area contributed by atoms with Crippen LogP contribution < -0.4 is 5.73 Å². The van der Waals surface area contributed by atoms with E-state index in [2.05, 4.69) is 0 Å². The molecule has 0 fully saturated rings. The molecule has 0 spiro atoms. The van der Waals surface area contributed by atoms with Gasteiger partial charge in [0.15, 0.2) is 5.78 Å². The van der Waals surface area contributed by atoms with E-state index in [9.17, 15) is 4.79 Å². The fourth-order valence-corrected chi connectivity index (χ4v) is 4.49. The lowest BCUT2D eigenvalue weighted by Gasteiger charge is -2.12. The summed E-state index contributed by atoms with van der Waals surface area (Å²) in [5, 5.41) is 0.677. The number of ketones is 1. The van der Waals surface area contributed by atoms with Crippen LogP contribution in [-0.2, 0) is 12.2 Å². The van der Waals surface area contributed by atoms with Crippen LogP contribution in [-0.4, -0.2) is 11.5 Å². The summed E-state index contributed by atoms with van der Waals surface area (Å²) in [6.07, 6.45) is 0.960. The number of rotatable bonds is 2. The van der Waals surface area contributed by atoms with Gasteiger partial charge in [-0.1, -0.05) is 30.3 Å². The first-order chi connectivity index (χ1) is 8.77. The van der Waals surface area contributed by atoms with Crippen LogP contribution in [0.1, 0.15) is 26.4 Å². The molecule has 0 bridgehead atoms. The van der Waals surface area contributed by atoms with Gasteiger partial charge >= 0.3 is 0 Å². The van der Waals surface area contributed by atoms with E-state index >= 15 is 0 Å². The van der Waals surface area contributed by atoms with Gasteiger partial charge < -0.3 is 5.73 Å². The van der Waals surface area contributed by atoms with Gasteiger partial charge in [-0.2, -0.15) is 11.8 Å².